The highest BCUT2D eigenvalue weighted by Crippen LogP contribution is 2.32. The van der Waals surface area contributed by atoms with Crippen LogP contribution >= 0.6 is 0 Å². The van der Waals surface area contributed by atoms with Crippen LogP contribution in [0.25, 0.3) is 10.9 Å². The van der Waals surface area contributed by atoms with E-state index in [1.165, 1.54) is 34.3 Å². The van der Waals surface area contributed by atoms with Crippen molar-refractivity contribution in [3.05, 3.63) is 90.4 Å². The summed E-state index contributed by atoms with van der Waals surface area (Å²) < 4.78 is 13.4. The van der Waals surface area contributed by atoms with Crippen molar-refractivity contribution in [2.24, 2.45) is 0 Å². The Labute approximate surface area is 210 Å². The number of anilines is 3. The average molecular weight is 484 g/mol. The van der Waals surface area contributed by atoms with Crippen molar-refractivity contribution in [1.29, 1.82) is 0 Å². The van der Waals surface area contributed by atoms with E-state index < -0.39 is 0 Å². The van der Waals surface area contributed by atoms with Crippen molar-refractivity contribution in [3.63, 3.8) is 0 Å². The first kappa shape index (κ1) is 22.6. The average Bonchev–Trinajstić information content (AvgIpc) is 3.39. The number of fused-ring (bicyclic) bond motifs is 2. The van der Waals surface area contributed by atoms with E-state index in [2.05, 4.69) is 50.4 Å². The fourth-order valence-corrected chi connectivity index (χ4v) is 5.58. The number of urea groups is 1. The maximum Gasteiger partial charge on any atom is 0.326 e. The third-order valence-electron chi connectivity index (χ3n) is 7.43. The number of benzene rings is 3. The van der Waals surface area contributed by atoms with Gasteiger partial charge in [-0.05, 0) is 66.9 Å². The Kier molecular flexibility index (Phi) is 6.07. The van der Waals surface area contributed by atoms with Crippen LogP contribution < -0.4 is 15.1 Å². The number of hydrogen-bond acceptors (Lipinski definition) is 3. The van der Waals surface area contributed by atoms with Gasteiger partial charge in [-0.2, -0.15) is 0 Å². The number of piperazine rings is 1. The highest BCUT2D eigenvalue weighted by molar-refractivity contribution is 6.03. The minimum Gasteiger partial charge on any atom is -0.368 e. The summed E-state index contributed by atoms with van der Waals surface area (Å²) >= 11 is 0. The zero-order chi connectivity index (χ0) is 24.5. The molecule has 6 nitrogen and oxygen atoms in total. The van der Waals surface area contributed by atoms with Gasteiger partial charge in [0.2, 0.25) is 0 Å². The number of nitrogens with one attached hydrogen (secondary N) is 2. The molecule has 1 atom stereocenters. The first-order valence-corrected chi connectivity index (χ1v) is 12.6. The molecule has 0 saturated carbocycles. The van der Waals surface area contributed by atoms with Crippen molar-refractivity contribution in [2.45, 2.75) is 18.9 Å². The molecule has 2 amide bonds. The van der Waals surface area contributed by atoms with Crippen LogP contribution in [0.2, 0.25) is 0 Å². The predicted octanol–water partition coefficient (Wildman–Crippen LogP) is 5.48. The molecule has 36 heavy (non-hydrogen) atoms. The number of amides is 2. The number of rotatable bonds is 4. The highest BCUT2D eigenvalue weighted by atomic mass is 19.1. The lowest BCUT2D eigenvalue weighted by atomic mass is 9.95. The number of carbonyl (C=O) groups excluding carboxylic acids is 1. The molecule has 7 heteroatoms. The van der Waals surface area contributed by atoms with Crippen molar-refractivity contribution in [1.82, 2.24) is 9.88 Å². The number of para-hydroxylation sites is 1. The molecule has 0 aliphatic carbocycles. The molecule has 2 aliphatic heterocycles. The van der Waals surface area contributed by atoms with Crippen molar-refractivity contribution < 1.29 is 9.18 Å². The van der Waals surface area contributed by atoms with E-state index in [1.54, 1.807) is 12.1 Å². The maximum absolute atomic E-state index is 13.5. The monoisotopic (exact) mass is 483 g/mol. The van der Waals surface area contributed by atoms with E-state index in [4.69, 9.17) is 0 Å². The molecule has 0 spiro atoms. The Morgan fingerprint density at radius 3 is 2.53 bits per heavy atom. The molecule has 1 saturated heterocycles. The van der Waals surface area contributed by atoms with Crippen LogP contribution in [0.4, 0.5) is 26.2 Å². The fraction of sp³-hybridized carbons (Fsp3) is 0.276. The minimum atomic E-state index is -0.318. The van der Waals surface area contributed by atoms with E-state index in [0.717, 1.165) is 51.3 Å². The van der Waals surface area contributed by atoms with Crippen molar-refractivity contribution >= 4 is 34.0 Å². The quantitative estimate of drug-likeness (QED) is 0.404. The number of H-pyrrole nitrogens is 1. The van der Waals surface area contributed by atoms with Crippen LogP contribution in [-0.4, -0.2) is 54.7 Å². The second kappa shape index (κ2) is 9.66. The first-order valence-electron chi connectivity index (χ1n) is 12.6. The molecule has 1 unspecified atom stereocenters. The number of nitrogens with zero attached hydrogens (tertiary/aromatic N) is 3. The van der Waals surface area contributed by atoms with E-state index >= 15 is 0 Å². The zero-order valence-electron chi connectivity index (χ0n) is 20.2. The number of halogens is 1. The van der Waals surface area contributed by atoms with Gasteiger partial charge in [0.25, 0.3) is 0 Å². The van der Waals surface area contributed by atoms with Crippen LogP contribution in [0.15, 0.2) is 79.0 Å². The number of aromatic amines is 1. The van der Waals surface area contributed by atoms with E-state index in [1.807, 2.05) is 29.3 Å². The number of aromatic nitrogens is 1. The molecule has 2 aliphatic rings. The van der Waals surface area contributed by atoms with Gasteiger partial charge in [-0.1, -0.05) is 24.3 Å². The summed E-state index contributed by atoms with van der Waals surface area (Å²) in [4.78, 5) is 23.6. The lowest BCUT2D eigenvalue weighted by Crippen LogP contribution is -2.55. The molecule has 2 N–H and O–H groups in total. The van der Waals surface area contributed by atoms with Gasteiger partial charge in [-0.15, -0.1) is 0 Å². The third-order valence-corrected chi connectivity index (χ3v) is 7.43. The SMILES string of the molecule is O=C(Nc1ccc(F)cc1)N1c2ccccc2CCC1CN1CCN(c2cccc3[nH]ccc23)CC1. The molecule has 1 aromatic heterocycles. The standard InChI is InChI=1S/C29H30FN5O/c30-22-9-11-23(12-10-22)32-29(36)35-24(13-8-21-4-1-2-6-27(21)35)20-33-16-18-34(19-17-33)28-7-3-5-26-25(28)14-15-31-26/h1-7,9-12,14-15,24,31H,8,13,16-20H2,(H,32,36). The fourth-order valence-electron chi connectivity index (χ4n) is 5.58. The lowest BCUT2D eigenvalue weighted by molar-refractivity contribution is 0.225. The molecule has 3 heterocycles. The maximum atomic E-state index is 13.5. The van der Waals surface area contributed by atoms with E-state index in [9.17, 15) is 9.18 Å². The second-order valence-corrected chi connectivity index (χ2v) is 9.63. The summed E-state index contributed by atoms with van der Waals surface area (Å²) in [6.07, 6.45) is 3.87. The van der Waals surface area contributed by atoms with Gasteiger partial charge < -0.3 is 15.2 Å². The Balaban J connectivity index is 1.17. The summed E-state index contributed by atoms with van der Waals surface area (Å²) in [5.74, 6) is -0.318. The third kappa shape index (κ3) is 4.42. The number of aryl methyl sites for hydroxylation is 1. The van der Waals surface area contributed by atoms with Crippen LogP contribution in [-0.2, 0) is 6.42 Å². The topological polar surface area (TPSA) is 54.6 Å². The summed E-state index contributed by atoms with van der Waals surface area (Å²) in [6.45, 7) is 4.64. The zero-order valence-corrected chi connectivity index (χ0v) is 20.2. The van der Waals surface area contributed by atoms with E-state index in [0.29, 0.717) is 5.69 Å². The van der Waals surface area contributed by atoms with Gasteiger partial charge in [0, 0.05) is 66.9 Å². The number of carbonyl (C=O) groups is 1. The normalized spacial score (nSPS) is 18.3. The molecule has 4 aromatic rings. The van der Waals surface area contributed by atoms with Gasteiger partial charge in [-0.3, -0.25) is 9.80 Å². The van der Waals surface area contributed by atoms with Gasteiger partial charge in [0.05, 0.1) is 6.04 Å². The first-order chi connectivity index (χ1) is 17.7. The van der Waals surface area contributed by atoms with Gasteiger partial charge in [0.15, 0.2) is 0 Å². The highest BCUT2D eigenvalue weighted by Gasteiger charge is 2.33. The molecule has 0 bridgehead atoms. The van der Waals surface area contributed by atoms with Gasteiger partial charge in [-0.25, -0.2) is 9.18 Å². The smallest absolute Gasteiger partial charge is 0.326 e. The van der Waals surface area contributed by atoms with Crippen molar-refractivity contribution in [3.8, 4) is 0 Å². The van der Waals surface area contributed by atoms with Gasteiger partial charge in [0.1, 0.15) is 5.82 Å². The minimum absolute atomic E-state index is 0.0694. The molecular weight excluding hydrogens is 453 g/mol. The largest absolute Gasteiger partial charge is 0.368 e. The Hall–Kier alpha value is -3.84. The molecule has 1 fully saturated rings. The van der Waals surface area contributed by atoms with Crippen LogP contribution in [0.5, 0.6) is 0 Å². The van der Waals surface area contributed by atoms with Crippen LogP contribution in [0.1, 0.15) is 12.0 Å². The second-order valence-electron chi connectivity index (χ2n) is 9.63. The van der Waals surface area contributed by atoms with Crippen LogP contribution in [0.3, 0.4) is 0 Å². The van der Waals surface area contributed by atoms with Gasteiger partial charge >= 0.3 is 6.03 Å². The molecule has 6 rings (SSSR count). The summed E-state index contributed by atoms with van der Waals surface area (Å²) in [5, 5.41) is 4.24. The molecule has 0 radical (unpaired) electrons. The Morgan fingerprint density at radius 2 is 1.69 bits per heavy atom. The summed E-state index contributed by atoms with van der Waals surface area (Å²) in [5.41, 5.74) is 5.19. The number of hydrogen-bond donors (Lipinski definition) is 2. The van der Waals surface area contributed by atoms with E-state index in [-0.39, 0.29) is 17.9 Å². The Morgan fingerprint density at radius 1 is 0.917 bits per heavy atom. The lowest BCUT2D eigenvalue weighted by Gasteiger charge is -2.42. The van der Waals surface area contributed by atoms with Crippen molar-refractivity contribution in [2.75, 3.05) is 47.8 Å². The molecule has 184 valence electrons. The Bertz CT molecular complexity index is 1360. The van der Waals surface area contributed by atoms with Crippen LogP contribution in [0, 0.1) is 5.82 Å². The molecule has 3 aromatic carbocycles. The molecular formula is C29H30FN5O. The summed E-state index contributed by atoms with van der Waals surface area (Å²) in [7, 11) is 0. The summed E-state index contributed by atoms with van der Waals surface area (Å²) in [6, 6.07) is 22.5. The predicted molar refractivity (Wildman–Crippen MR) is 143 cm³/mol.